The molecule has 0 unspecified atom stereocenters. The molecule has 2 rings (SSSR count). The van der Waals surface area contributed by atoms with Gasteiger partial charge in [0.1, 0.15) is 28.2 Å². The van der Waals surface area contributed by atoms with E-state index >= 15 is 0 Å². The van der Waals surface area contributed by atoms with Gasteiger partial charge in [-0.2, -0.15) is 5.26 Å². The second-order valence-corrected chi connectivity index (χ2v) is 5.48. The Balaban J connectivity index is 2.42. The van der Waals surface area contributed by atoms with Gasteiger partial charge < -0.3 is 5.73 Å². The molecule has 3 N–H and O–H groups in total. The molecule has 0 amide bonds. The molecule has 0 fully saturated rings. The van der Waals surface area contributed by atoms with Gasteiger partial charge in [0, 0.05) is 6.20 Å². The molecule has 0 spiro atoms. The number of nitrogens with zero attached hydrogens (tertiary/aromatic N) is 2. The van der Waals surface area contributed by atoms with Crippen molar-refractivity contribution in [1.29, 1.82) is 5.26 Å². The minimum atomic E-state index is -3.97. The van der Waals surface area contributed by atoms with Crippen molar-refractivity contribution in [3.8, 4) is 6.07 Å². The fourth-order valence-corrected chi connectivity index (χ4v) is 2.49. The van der Waals surface area contributed by atoms with Crippen LogP contribution in [0.25, 0.3) is 0 Å². The molecule has 2 aromatic rings. The molecule has 0 aliphatic rings. The predicted molar refractivity (Wildman–Crippen MR) is 70.6 cm³/mol. The van der Waals surface area contributed by atoms with Crippen molar-refractivity contribution >= 4 is 21.5 Å². The monoisotopic (exact) mass is 292 g/mol. The van der Waals surface area contributed by atoms with E-state index in [4.69, 9.17) is 11.0 Å². The van der Waals surface area contributed by atoms with Gasteiger partial charge >= 0.3 is 0 Å². The SMILES string of the molecule is N#Cc1c(F)cccc1NS(=O)(=O)c1ccc(N)nc1. The van der Waals surface area contributed by atoms with Crippen molar-refractivity contribution < 1.29 is 12.8 Å². The first-order valence-electron chi connectivity index (χ1n) is 5.37. The number of sulfonamides is 1. The van der Waals surface area contributed by atoms with Crippen LogP contribution in [-0.4, -0.2) is 13.4 Å². The van der Waals surface area contributed by atoms with Crippen molar-refractivity contribution in [2.45, 2.75) is 4.90 Å². The summed E-state index contributed by atoms with van der Waals surface area (Å²) in [6.07, 6.45) is 1.07. The van der Waals surface area contributed by atoms with Crippen LogP contribution in [0.5, 0.6) is 0 Å². The van der Waals surface area contributed by atoms with Gasteiger partial charge in [-0.15, -0.1) is 0 Å². The fourth-order valence-electron chi connectivity index (χ4n) is 1.48. The largest absolute Gasteiger partial charge is 0.384 e. The second kappa shape index (κ2) is 5.14. The maximum absolute atomic E-state index is 13.4. The zero-order valence-corrected chi connectivity index (χ0v) is 10.9. The summed E-state index contributed by atoms with van der Waals surface area (Å²) in [6.45, 7) is 0. The highest BCUT2D eigenvalue weighted by Crippen LogP contribution is 2.21. The van der Waals surface area contributed by atoms with Crippen LogP contribution in [0.1, 0.15) is 5.56 Å². The third-order valence-corrected chi connectivity index (χ3v) is 3.79. The first kappa shape index (κ1) is 13.8. The smallest absolute Gasteiger partial charge is 0.263 e. The zero-order chi connectivity index (χ0) is 14.8. The average molecular weight is 292 g/mol. The molecule has 0 atom stereocenters. The minimum Gasteiger partial charge on any atom is -0.384 e. The molecule has 6 nitrogen and oxygen atoms in total. The number of nitrogens with two attached hydrogens (primary N) is 1. The van der Waals surface area contributed by atoms with Crippen LogP contribution < -0.4 is 10.5 Å². The molecule has 0 aliphatic carbocycles. The molecule has 0 aliphatic heterocycles. The van der Waals surface area contributed by atoms with E-state index < -0.39 is 15.8 Å². The topological polar surface area (TPSA) is 109 Å². The Bertz CT molecular complexity index is 782. The number of nitriles is 1. The van der Waals surface area contributed by atoms with E-state index in [9.17, 15) is 12.8 Å². The number of anilines is 2. The predicted octanol–water partition coefficient (Wildman–Crippen LogP) is 1.48. The first-order chi connectivity index (χ1) is 9.44. The Labute approximate surface area is 114 Å². The van der Waals surface area contributed by atoms with Crippen molar-refractivity contribution in [3.63, 3.8) is 0 Å². The molecule has 0 saturated carbocycles. The molecule has 8 heteroatoms. The molecule has 102 valence electrons. The molecular formula is C12H9FN4O2S. The lowest BCUT2D eigenvalue weighted by Gasteiger charge is -2.09. The standard InChI is InChI=1S/C12H9FN4O2S/c13-10-2-1-3-11(9(10)6-14)17-20(18,19)8-4-5-12(15)16-7-8/h1-5,7,17H,(H2,15,16). The van der Waals surface area contributed by atoms with Crippen LogP contribution in [0.2, 0.25) is 0 Å². The van der Waals surface area contributed by atoms with Crippen LogP contribution in [0.4, 0.5) is 15.9 Å². The van der Waals surface area contributed by atoms with Gasteiger partial charge in [0.25, 0.3) is 10.0 Å². The minimum absolute atomic E-state index is 0.135. The Hall–Kier alpha value is -2.66. The average Bonchev–Trinajstić information content (AvgIpc) is 2.39. The van der Waals surface area contributed by atoms with Gasteiger partial charge in [-0.05, 0) is 24.3 Å². The number of nitrogens with one attached hydrogen (secondary N) is 1. The van der Waals surface area contributed by atoms with Gasteiger partial charge in [-0.1, -0.05) is 6.07 Å². The lowest BCUT2D eigenvalue weighted by molar-refractivity contribution is 0.600. The van der Waals surface area contributed by atoms with Crippen LogP contribution in [0.15, 0.2) is 41.4 Å². The maximum Gasteiger partial charge on any atom is 0.263 e. The lowest BCUT2D eigenvalue weighted by Crippen LogP contribution is -2.14. The molecule has 1 heterocycles. The molecule has 1 aromatic heterocycles. The van der Waals surface area contributed by atoms with Crippen LogP contribution in [0, 0.1) is 17.1 Å². The van der Waals surface area contributed by atoms with E-state index in [-0.39, 0.29) is 22.0 Å². The summed E-state index contributed by atoms with van der Waals surface area (Å²) in [6, 6.07) is 7.86. The number of hydrogen-bond donors (Lipinski definition) is 2. The highest BCUT2D eigenvalue weighted by Gasteiger charge is 2.17. The van der Waals surface area contributed by atoms with E-state index in [1.54, 1.807) is 6.07 Å². The van der Waals surface area contributed by atoms with E-state index in [2.05, 4.69) is 9.71 Å². The Morgan fingerprint density at radius 2 is 2.05 bits per heavy atom. The van der Waals surface area contributed by atoms with Crippen LogP contribution >= 0.6 is 0 Å². The number of hydrogen-bond acceptors (Lipinski definition) is 5. The number of rotatable bonds is 3. The van der Waals surface area contributed by atoms with Gasteiger partial charge in [0.15, 0.2) is 0 Å². The molecule has 0 saturated heterocycles. The molecular weight excluding hydrogens is 283 g/mol. The van der Waals surface area contributed by atoms with Crippen molar-refractivity contribution in [2.24, 2.45) is 0 Å². The highest BCUT2D eigenvalue weighted by molar-refractivity contribution is 7.92. The summed E-state index contributed by atoms with van der Waals surface area (Å²) >= 11 is 0. The van der Waals surface area contributed by atoms with E-state index in [1.165, 1.54) is 24.3 Å². The Morgan fingerprint density at radius 1 is 1.30 bits per heavy atom. The van der Waals surface area contributed by atoms with Crippen LogP contribution in [-0.2, 0) is 10.0 Å². The van der Waals surface area contributed by atoms with E-state index in [1.807, 2.05) is 0 Å². The molecule has 20 heavy (non-hydrogen) atoms. The van der Waals surface area contributed by atoms with Crippen molar-refractivity contribution in [3.05, 3.63) is 47.9 Å². The summed E-state index contributed by atoms with van der Waals surface area (Å²) in [5, 5.41) is 8.85. The third kappa shape index (κ3) is 2.67. The summed E-state index contributed by atoms with van der Waals surface area (Å²) in [5.41, 5.74) is 4.86. The van der Waals surface area contributed by atoms with Gasteiger partial charge in [-0.3, -0.25) is 4.72 Å². The second-order valence-electron chi connectivity index (χ2n) is 3.80. The van der Waals surface area contributed by atoms with Crippen molar-refractivity contribution in [1.82, 2.24) is 4.98 Å². The van der Waals surface area contributed by atoms with Crippen molar-refractivity contribution in [2.75, 3.05) is 10.5 Å². The number of halogens is 1. The van der Waals surface area contributed by atoms with Crippen LogP contribution in [0.3, 0.4) is 0 Å². The summed E-state index contributed by atoms with van der Waals surface area (Å²) < 4.78 is 39.7. The van der Waals surface area contributed by atoms with Gasteiger partial charge in [0.2, 0.25) is 0 Å². The zero-order valence-electron chi connectivity index (χ0n) is 10.0. The van der Waals surface area contributed by atoms with E-state index in [0.29, 0.717) is 0 Å². The summed E-state index contributed by atoms with van der Waals surface area (Å²) in [4.78, 5) is 3.53. The Kier molecular flexibility index (Phi) is 3.54. The number of pyridine rings is 1. The third-order valence-electron chi connectivity index (χ3n) is 2.44. The van der Waals surface area contributed by atoms with E-state index in [0.717, 1.165) is 12.3 Å². The van der Waals surface area contributed by atoms with Gasteiger partial charge in [-0.25, -0.2) is 17.8 Å². The Morgan fingerprint density at radius 3 is 2.65 bits per heavy atom. The molecule has 0 bridgehead atoms. The number of aromatic nitrogens is 1. The van der Waals surface area contributed by atoms with Gasteiger partial charge in [0.05, 0.1) is 5.69 Å². The fraction of sp³-hybridized carbons (Fsp3) is 0. The summed E-state index contributed by atoms with van der Waals surface area (Å²) in [7, 11) is -3.97. The molecule has 1 aromatic carbocycles. The number of nitrogen functional groups attached to an aromatic ring is 1. The number of benzene rings is 1. The molecule has 0 radical (unpaired) electrons. The maximum atomic E-state index is 13.4. The quantitative estimate of drug-likeness (QED) is 0.890. The first-order valence-corrected chi connectivity index (χ1v) is 6.85. The summed E-state index contributed by atoms with van der Waals surface area (Å²) in [5.74, 6) is -0.629. The highest BCUT2D eigenvalue weighted by atomic mass is 32.2. The lowest BCUT2D eigenvalue weighted by atomic mass is 10.2. The normalized spacial score (nSPS) is 10.8.